The fraction of sp³-hybridized carbons (Fsp3) is 0.200. The maximum atomic E-state index is 11.2. The van der Waals surface area contributed by atoms with E-state index in [1.54, 1.807) is 4.90 Å². The third-order valence-electron chi connectivity index (χ3n) is 2.08. The largest absolute Gasteiger partial charge is 0.355 e. The molecule has 0 unspecified atom stereocenters. The van der Waals surface area contributed by atoms with E-state index in [0.29, 0.717) is 18.2 Å². The minimum Gasteiger partial charge on any atom is -0.355 e. The van der Waals surface area contributed by atoms with Crippen molar-refractivity contribution < 1.29 is 4.79 Å². The topological polar surface area (TPSA) is 32.3 Å². The number of benzene rings is 1. The van der Waals surface area contributed by atoms with Gasteiger partial charge in [0, 0.05) is 5.69 Å². The molecule has 0 radical (unpaired) electrons. The molecule has 0 atom stereocenters. The molecule has 0 aliphatic carbocycles. The predicted octanol–water partition coefficient (Wildman–Crippen LogP) is 0.950. The van der Waals surface area contributed by atoms with Crippen LogP contribution in [0.25, 0.3) is 0 Å². The van der Waals surface area contributed by atoms with Crippen LogP contribution in [-0.2, 0) is 4.79 Å². The molecular weight excluding hydrogens is 196 g/mol. The molecular formula is C10H10N2OS. The van der Waals surface area contributed by atoms with E-state index in [0.717, 1.165) is 5.69 Å². The molecule has 4 heteroatoms. The minimum absolute atomic E-state index is 0.155. The number of nitrogens with zero attached hydrogens (tertiary/aromatic N) is 1. The van der Waals surface area contributed by atoms with Crippen molar-refractivity contribution >= 4 is 28.8 Å². The van der Waals surface area contributed by atoms with E-state index in [9.17, 15) is 4.79 Å². The second-order valence-electron chi connectivity index (χ2n) is 3.12. The Kier molecular flexibility index (Phi) is 2.45. The zero-order chi connectivity index (χ0) is 9.97. The van der Waals surface area contributed by atoms with E-state index in [4.69, 9.17) is 12.2 Å². The lowest BCUT2D eigenvalue weighted by Gasteiger charge is -2.29. The first-order chi connectivity index (χ1) is 6.77. The summed E-state index contributed by atoms with van der Waals surface area (Å²) in [6.45, 7) is 0.720. The first-order valence-electron chi connectivity index (χ1n) is 4.39. The smallest absolute Gasteiger partial charge is 0.174 e. The zero-order valence-corrected chi connectivity index (χ0v) is 8.38. The summed E-state index contributed by atoms with van der Waals surface area (Å²) in [7, 11) is 0. The molecule has 0 saturated carbocycles. The molecule has 0 bridgehead atoms. The first kappa shape index (κ1) is 9.15. The molecule has 2 rings (SSSR count). The van der Waals surface area contributed by atoms with Crippen molar-refractivity contribution in [3.63, 3.8) is 0 Å². The van der Waals surface area contributed by atoms with Crippen LogP contribution in [0, 0.1) is 0 Å². The SMILES string of the molecule is O=C1CNC(=S)N(c2ccccc2)C1. The molecule has 1 aliphatic heterocycles. The molecule has 0 amide bonds. The van der Waals surface area contributed by atoms with Gasteiger partial charge >= 0.3 is 0 Å². The zero-order valence-electron chi connectivity index (χ0n) is 7.56. The average molecular weight is 206 g/mol. The molecule has 3 nitrogen and oxygen atoms in total. The van der Waals surface area contributed by atoms with Crippen LogP contribution in [0.15, 0.2) is 30.3 Å². The fourth-order valence-corrected chi connectivity index (χ4v) is 1.63. The quantitative estimate of drug-likeness (QED) is 0.693. The van der Waals surface area contributed by atoms with Gasteiger partial charge in [0.2, 0.25) is 0 Å². The summed E-state index contributed by atoms with van der Waals surface area (Å²) in [5.74, 6) is 0.155. The van der Waals surface area contributed by atoms with Crippen molar-refractivity contribution in [2.24, 2.45) is 0 Å². The monoisotopic (exact) mass is 206 g/mol. The Morgan fingerprint density at radius 3 is 2.71 bits per heavy atom. The minimum atomic E-state index is 0.155. The predicted molar refractivity (Wildman–Crippen MR) is 59.4 cm³/mol. The highest BCUT2D eigenvalue weighted by molar-refractivity contribution is 7.80. The van der Waals surface area contributed by atoms with Gasteiger partial charge in [0.25, 0.3) is 0 Å². The van der Waals surface area contributed by atoms with E-state index in [1.165, 1.54) is 0 Å². The summed E-state index contributed by atoms with van der Waals surface area (Å²) < 4.78 is 0. The molecule has 1 saturated heterocycles. The number of hydrogen-bond donors (Lipinski definition) is 1. The highest BCUT2D eigenvalue weighted by Gasteiger charge is 2.20. The Bertz CT molecular complexity index is 364. The normalized spacial score (nSPS) is 16.7. The first-order valence-corrected chi connectivity index (χ1v) is 4.80. The van der Waals surface area contributed by atoms with Gasteiger partial charge in [-0.2, -0.15) is 0 Å². The molecule has 0 spiro atoms. The van der Waals surface area contributed by atoms with Crippen LogP contribution >= 0.6 is 12.2 Å². The van der Waals surface area contributed by atoms with Gasteiger partial charge in [-0.15, -0.1) is 0 Å². The molecule has 72 valence electrons. The van der Waals surface area contributed by atoms with E-state index in [2.05, 4.69) is 5.32 Å². The number of Topliss-reactive ketones (excluding diaryl/α,β-unsaturated/α-hetero) is 1. The maximum absolute atomic E-state index is 11.2. The Morgan fingerprint density at radius 1 is 1.29 bits per heavy atom. The number of para-hydroxylation sites is 1. The molecule has 14 heavy (non-hydrogen) atoms. The van der Waals surface area contributed by atoms with Gasteiger partial charge in [0.1, 0.15) is 0 Å². The maximum Gasteiger partial charge on any atom is 0.174 e. The number of carbonyl (C=O) groups is 1. The fourth-order valence-electron chi connectivity index (χ4n) is 1.39. The van der Waals surface area contributed by atoms with Gasteiger partial charge in [0.05, 0.1) is 13.1 Å². The number of ketones is 1. The number of carbonyl (C=O) groups excluding carboxylic acids is 1. The Labute approximate surface area is 87.7 Å². The lowest BCUT2D eigenvalue weighted by Crippen LogP contribution is -2.51. The van der Waals surface area contributed by atoms with Gasteiger partial charge in [-0.05, 0) is 24.4 Å². The summed E-state index contributed by atoms with van der Waals surface area (Å²) in [6, 6.07) is 9.67. The van der Waals surface area contributed by atoms with Gasteiger partial charge in [-0.3, -0.25) is 4.79 Å². The molecule has 1 N–H and O–H groups in total. The van der Waals surface area contributed by atoms with Gasteiger partial charge in [0.15, 0.2) is 10.9 Å². The van der Waals surface area contributed by atoms with Crippen molar-refractivity contribution in [2.75, 3.05) is 18.0 Å². The summed E-state index contributed by atoms with van der Waals surface area (Å²) in [5, 5.41) is 3.51. The van der Waals surface area contributed by atoms with Gasteiger partial charge in [-0.1, -0.05) is 18.2 Å². The van der Waals surface area contributed by atoms with Crippen LogP contribution in [0.4, 0.5) is 5.69 Å². The van der Waals surface area contributed by atoms with E-state index >= 15 is 0 Å². The van der Waals surface area contributed by atoms with Crippen LogP contribution in [-0.4, -0.2) is 24.0 Å². The number of thiocarbonyl (C=S) groups is 1. The van der Waals surface area contributed by atoms with Crippen molar-refractivity contribution in [3.05, 3.63) is 30.3 Å². The van der Waals surface area contributed by atoms with Crippen LogP contribution in [0.1, 0.15) is 0 Å². The molecule has 1 aromatic carbocycles. The molecule has 1 heterocycles. The van der Waals surface area contributed by atoms with Crippen molar-refractivity contribution in [1.29, 1.82) is 0 Å². The van der Waals surface area contributed by atoms with E-state index < -0.39 is 0 Å². The summed E-state index contributed by atoms with van der Waals surface area (Å²) in [6.07, 6.45) is 0. The third-order valence-corrected chi connectivity index (χ3v) is 2.45. The van der Waals surface area contributed by atoms with Crippen molar-refractivity contribution in [1.82, 2.24) is 5.32 Å². The Hall–Kier alpha value is -1.42. The van der Waals surface area contributed by atoms with Crippen LogP contribution < -0.4 is 10.2 Å². The molecule has 1 aromatic rings. The number of rotatable bonds is 1. The van der Waals surface area contributed by atoms with E-state index in [-0.39, 0.29) is 5.78 Å². The highest BCUT2D eigenvalue weighted by Crippen LogP contribution is 2.14. The van der Waals surface area contributed by atoms with Crippen LogP contribution in [0.5, 0.6) is 0 Å². The Morgan fingerprint density at radius 2 is 2.00 bits per heavy atom. The van der Waals surface area contributed by atoms with E-state index in [1.807, 2.05) is 30.3 Å². The summed E-state index contributed by atoms with van der Waals surface area (Å²) in [5.41, 5.74) is 0.957. The van der Waals surface area contributed by atoms with Crippen molar-refractivity contribution in [2.45, 2.75) is 0 Å². The summed E-state index contributed by atoms with van der Waals surface area (Å²) in [4.78, 5) is 13.0. The Balaban J connectivity index is 2.24. The molecule has 0 aromatic heterocycles. The number of nitrogens with one attached hydrogen (secondary N) is 1. The lowest BCUT2D eigenvalue weighted by molar-refractivity contribution is -0.116. The molecule has 1 aliphatic rings. The second kappa shape index (κ2) is 3.75. The van der Waals surface area contributed by atoms with Crippen LogP contribution in [0.2, 0.25) is 0 Å². The van der Waals surface area contributed by atoms with Gasteiger partial charge in [-0.25, -0.2) is 0 Å². The number of hydrogen-bond acceptors (Lipinski definition) is 2. The number of anilines is 1. The van der Waals surface area contributed by atoms with Crippen LogP contribution in [0.3, 0.4) is 0 Å². The third kappa shape index (κ3) is 1.75. The highest BCUT2D eigenvalue weighted by atomic mass is 32.1. The standard InChI is InChI=1S/C10H10N2OS/c13-9-6-11-10(14)12(7-9)8-4-2-1-3-5-8/h1-5H,6-7H2,(H,11,14). The molecule has 1 fully saturated rings. The average Bonchev–Trinajstić information content (AvgIpc) is 2.23. The lowest BCUT2D eigenvalue weighted by atomic mass is 10.2. The second-order valence-corrected chi connectivity index (χ2v) is 3.51. The van der Waals surface area contributed by atoms with Gasteiger partial charge < -0.3 is 10.2 Å². The van der Waals surface area contributed by atoms with Crippen molar-refractivity contribution in [3.8, 4) is 0 Å². The summed E-state index contributed by atoms with van der Waals surface area (Å²) >= 11 is 5.12.